The Morgan fingerprint density at radius 2 is 2.10 bits per heavy atom. The molecule has 0 saturated carbocycles. The van der Waals surface area contributed by atoms with Gasteiger partial charge in [-0.1, -0.05) is 31.5 Å². The van der Waals surface area contributed by atoms with E-state index in [1.54, 1.807) is 11.3 Å². The molecule has 0 amide bonds. The van der Waals surface area contributed by atoms with Crippen LogP contribution in [0.5, 0.6) is 0 Å². The molecule has 0 spiro atoms. The van der Waals surface area contributed by atoms with Crippen LogP contribution in [0, 0.1) is 0 Å². The van der Waals surface area contributed by atoms with E-state index < -0.39 is 0 Å². The third-order valence-electron chi connectivity index (χ3n) is 3.39. The molecule has 0 aliphatic heterocycles. The molecule has 0 fully saturated rings. The second kappa shape index (κ2) is 7.83. The van der Waals surface area contributed by atoms with Crippen LogP contribution < -0.4 is 10.2 Å². The Labute approximate surface area is 136 Å². The second-order valence-corrected chi connectivity index (χ2v) is 6.87. The van der Waals surface area contributed by atoms with Crippen molar-refractivity contribution in [1.29, 1.82) is 0 Å². The van der Waals surface area contributed by atoms with Gasteiger partial charge in [0.05, 0.1) is 6.54 Å². The van der Waals surface area contributed by atoms with E-state index >= 15 is 0 Å². The summed E-state index contributed by atoms with van der Waals surface area (Å²) in [5, 5.41) is 6.41. The molecular formula is C17H23ClN2S. The number of halogens is 1. The van der Waals surface area contributed by atoms with Crippen molar-refractivity contribution in [3.05, 3.63) is 51.2 Å². The van der Waals surface area contributed by atoms with E-state index in [9.17, 15) is 0 Å². The van der Waals surface area contributed by atoms with E-state index in [1.807, 2.05) is 6.07 Å². The highest BCUT2D eigenvalue weighted by atomic mass is 35.5. The predicted octanol–water partition coefficient (Wildman–Crippen LogP) is 4.93. The Morgan fingerprint density at radius 1 is 1.29 bits per heavy atom. The molecule has 1 aromatic heterocycles. The van der Waals surface area contributed by atoms with Gasteiger partial charge in [0.2, 0.25) is 0 Å². The lowest BCUT2D eigenvalue weighted by molar-refractivity contribution is 0.588. The minimum Gasteiger partial charge on any atom is -0.366 e. The van der Waals surface area contributed by atoms with Crippen molar-refractivity contribution in [3.63, 3.8) is 0 Å². The second-order valence-electron chi connectivity index (χ2n) is 5.40. The van der Waals surface area contributed by atoms with Gasteiger partial charge in [0, 0.05) is 34.7 Å². The molecule has 114 valence electrons. The Hall–Kier alpha value is -1.03. The minimum absolute atomic E-state index is 0.462. The summed E-state index contributed by atoms with van der Waals surface area (Å²) in [5.41, 5.74) is 2.53. The van der Waals surface area contributed by atoms with Gasteiger partial charge in [-0.3, -0.25) is 0 Å². The van der Waals surface area contributed by atoms with Crippen molar-refractivity contribution in [2.75, 3.05) is 11.4 Å². The van der Waals surface area contributed by atoms with E-state index in [2.05, 4.69) is 60.6 Å². The van der Waals surface area contributed by atoms with Crippen LogP contribution in [0.25, 0.3) is 0 Å². The van der Waals surface area contributed by atoms with Gasteiger partial charge < -0.3 is 10.2 Å². The van der Waals surface area contributed by atoms with Gasteiger partial charge in [-0.2, -0.15) is 0 Å². The summed E-state index contributed by atoms with van der Waals surface area (Å²) in [6.07, 6.45) is 0. The van der Waals surface area contributed by atoms with Gasteiger partial charge in [0.15, 0.2) is 0 Å². The van der Waals surface area contributed by atoms with Crippen LogP contribution in [0.4, 0.5) is 5.69 Å². The fourth-order valence-corrected chi connectivity index (χ4v) is 3.19. The van der Waals surface area contributed by atoms with E-state index in [1.165, 1.54) is 16.1 Å². The predicted molar refractivity (Wildman–Crippen MR) is 94.5 cm³/mol. The number of nitrogens with zero attached hydrogens (tertiary/aromatic N) is 1. The number of rotatable bonds is 7. The van der Waals surface area contributed by atoms with Crippen molar-refractivity contribution >= 4 is 28.6 Å². The number of hydrogen-bond donors (Lipinski definition) is 1. The monoisotopic (exact) mass is 322 g/mol. The maximum Gasteiger partial charge on any atom is 0.0522 e. The zero-order chi connectivity index (χ0) is 15.2. The van der Waals surface area contributed by atoms with Crippen LogP contribution in [0.1, 0.15) is 31.2 Å². The molecule has 2 rings (SSSR count). The molecule has 2 nitrogen and oxygen atoms in total. The summed E-state index contributed by atoms with van der Waals surface area (Å²) in [7, 11) is 0. The van der Waals surface area contributed by atoms with Crippen molar-refractivity contribution in [2.45, 2.75) is 39.9 Å². The lowest BCUT2D eigenvalue weighted by atomic mass is 10.1. The van der Waals surface area contributed by atoms with Crippen LogP contribution in [-0.4, -0.2) is 12.6 Å². The standard InChI is InChI=1S/C17H23ClN2S/c1-4-20(12-16-6-5-9-21-16)17-8-7-15(18)10-14(17)11-19-13(2)3/h5-10,13,19H,4,11-12H2,1-3H3. The highest BCUT2D eigenvalue weighted by Crippen LogP contribution is 2.26. The van der Waals surface area contributed by atoms with Gasteiger partial charge >= 0.3 is 0 Å². The highest BCUT2D eigenvalue weighted by Gasteiger charge is 2.12. The first-order valence-electron chi connectivity index (χ1n) is 7.39. The van der Waals surface area contributed by atoms with Gasteiger partial charge in [-0.15, -0.1) is 11.3 Å². The average Bonchev–Trinajstić information content (AvgIpc) is 2.96. The molecule has 0 unspecified atom stereocenters. The van der Waals surface area contributed by atoms with E-state index in [0.29, 0.717) is 6.04 Å². The lowest BCUT2D eigenvalue weighted by Gasteiger charge is -2.26. The smallest absolute Gasteiger partial charge is 0.0522 e. The van der Waals surface area contributed by atoms with Gasteiger partial charge in [-0.25, -0.2) is 0 Å². The summed E-state index contributed by atoms with van der Waals surface area (Å²) in [4.78, 5) is 3.79. The molecule has 0 bridgehead atoms. The Balaban J connectivity index is 2.22. The fourth-order valence-electron chi connectivity index (χ4n) is 2.28. The van der Waals surface area contributed by atoms with Gasteiger partial charge in [0.1, 0.15) is 0 Å². The van der Waals surface area contributed by atoms with E-state index in [0.717, 1.165) is 24.7 Å². The summed E-state index contributed by atoms with van der Waals surface area (Å²) in [5.74, 6) is 0. The number of benzene rings is 1. The quantitative estimate of drug-likeness (QED) is 0.777. The maximum absolute atomic E-state index is 6.18. The first-order chi connectivity index (χ1) is 10.1. The molecule has 4 heteroatoms. The van der Waals surface area contributed by atoms with Crippen LogP contribution in [-0.2, 0) is 13.1 Å². The third-order valence-corrected chi connectivity index (χ3v) is 4.49. The van der Waals surface area contributed by atoms with Crippen molar-refractivity contribution in [1.82, 2.24) is 5.32 Å². The van der Waals surface area contributed by atoms with E-state index in [4.69, 9.17) is 11.6 Å². The molecule has 0 atom stereocenters. The van der Waals surface area contributed by atoms with E-state index in [-0.39, 0.29) is 0 Å². The zero-order valence-corrected chi connectivity index (χ0v) is 14.5. The summed E-state index contributed by atoms with van der Waals surface area (Å²) < 4.78 is 0. The molecular weight excluding hydrogens is 300 g/mol. The Morgan fingerprint density at radius 3 is 2.71 bits per heavy atom. The Bertz CT molecular complexity index is 552. The molecule has 0 saturated heterocycles. The van der Waals surface area contributed by atoms with Crippen molar-refractivity contribution in [3.8, 4) is 0 Å². The van der Waals surface area contributed by atoms with Crippen LogP contribution >= 0.6 is 22.9 Å². The zero-order valence-electron chi connectivity index (χ0n) is 12.9. The molecule has 1 heterocycles. The first kappa shape index (κ1) is 16.3. The molecule has 1 aromatic carbocycles. The van der Waals surface area contributed by atoms with Crippen LogP contribution in [0.15, 0.2) is 35.7 Å². The van der Waals surface area contributed by atoms with Crippen LogP contribution in [0.2, 0.25) is 5.02 Å². The number of anilines is 1. The SMILES string of the molecule is CCN(Cc1cccs1)c1ccc(Cl)cc1CNC(C)C. The summed E-state index contributed by atoms with van der Waals surface area (Å²) in [6.45, 7) is 9.29. The molecule has 2 aromatic rings. The lowest BCUT2D eigenvalue weighted by Crippen LogP contribution is -2.26. The third kappa shape index (κ3) is 4.73. The largest absolute Gasteiger partial charge is 0.366 e. The number of thiophene rings is 1. The molecule has 1 N–H and O–H groups in total. The molecule has 0 aliphatic carbocycles. The van der Waals surface area contributed by atoms with Gasteiger partial charge in [0.25, 0.3) is 0 Å². The summed E-state index contributed by atoms with van der Waals surface area (Å²) >= 11 is 7.98. The van der Waals surface area contributed by atoms with Crippen molar-refractivity contribution < 1.29 is 0 Å². The molecule has 0 aliphatic rings. The minimum atomic E-state index is 0.462. The summed E-state index contributed by atoms with van der Waals surface area (Å²) in [6, 6.07) is 10.9. The maximum atomic E-state index is 6.18. The first-order valence-corrected chi connectivity index (χ1v) is 8.65. The average molecular weight is 323 g/mol. The molecule has 0 radical (unpaired) electrons. The van der Waals surface area contributed by atoms with Gasteiger partial charge in [-0.05, 0) is 42.1 Å². The topological polar surface area (TPSA) is 15.3 Å². The number of hydrogen-bond acceptors (Lipinski definition) is 3. The Kier molecular flexibility index (Phi) is 6.09. The highest BCUT2D eigenvalue weighted by molar-refractivity contribution is 7.09. The molecule has 21 heavy (non-hydrogen) atoms. The van der Waals surface area contributed by atoms with Crippen LogP contribution in [0.3, 0.4) is 0 Å². The normalized spacial score (nSPS) is 11.1. The number of nitrogens with one attached hydrogen (secondary N) is 1. The fraction of sp³-hybridized carbons (Fsp3) is 0.412. The van der Waals surface area contributed by atoms with Crippen molar-refractivity contribution in [2.24, 2.45) is 0 Å².